The van der Waals surface area contributed by atoms with Crippen molar-refractivity contribution in [1.82, 2.24) is 0 Å². The normalized spacial score (nSPS) is 14.2. The van der Waals surface area contributed by atoms with Gasteiger partial charge in [-0.05, 0) is 83.5 Å². The molecule has 0 aliphatic rings. The van der Waals surface area contributed by atoms with E-state index in [1.807, 2.05) is 21.1 Å². The van der Waals surface area contributed by atoms with Gasteiger partial charge < -0.3 is 18.9 Å². The second kappa shape index (κ2) is 50.6. The van der Waals surface area contributed by atoms with Gasteiger partial charge in [-0.25, -0.2) is 4.57 Å². The Morgan fingerprint density at radius 3 is 1.21 bits per heavy atom. The van der Waals surface area contributed by atoms with Crippen LogP contribution in [0.15, 0.2) is 109 Å². The van der Waals surface area contributed by atoms with Crippen molar-refractivity contribution in [3.8, 4) is 0 Å². The van der Waals surface area contributed by atoms with E-state index in [1.54, 1.807) is 0 Å². The third kappa shape index (κ3) is 54.0. The highest BCUT2D eigenvalue weighted by molar-refractivity contribution is 7.47. The summed E-state index contributed by atoms with van der Waals surface area (Å²) in [6, 6.07) is 0. The van der Waals surface area contributed by atoms with Crippen molar-refractivity contribution in [2.24, 2.45) is 0 Å². The number of hydrogen-bond donors (Lipinski definition) is 1. The molecule has 9 nitrogen and oxygen atoms in total. The Morgan fingerprint density at radius 1 is 0.457 bits per heavy atom. The molecule has 0 amide bonds. The average Bonchev–Trinajstić information content (AvgIpc) is 3.32. The second-order valence-electron chi connectivity index (χ2n) is 19.2. The lowest BCUT2D eigenvalue weighted by Gasteiger charge is -2.24. The number of carbonyl (C=O) groups excluding carboxylic acids is 2. The maximum atomic E-state index is 12.8. The van der Waals surface area contributed by atoms with E-state index < -0.39 is 26.5 Å². The van der Waals surface area contributed by atoms with Gasteiger partial charge in [0.1, 0.15) is 19.8 Å². The molecule has 0 aromatic heterocycles. The van der Waals surface area contributed by atoms with Crippen LogP contribution in [0, 0.1) is 0 Å². The van der Waals surface area contributed by atoms with Gasteiger partial charge in [0.05, 0.1) is 27.7 Å². The second-order valence-corrected chi connectivity index (χ2v) is 20.7. The van der Waals surface area contributed by atoms with Crippen molar-refractivity contribution >= 4 is 19.8 Å². The predicted molar refractivity (Wildman–Crippen MR) is 298 cm³/mol. The van der Waals surface area contributed by atoms with Crippen LogP contribution in [0.1, 0.15) is 206 Å². The van der Waals surface area contributed by atoms with Crippen LogP contribution < -0.4 is 0 Å². The van der Waals surface area contributed by atoms with Gasteiger partial charge in [-0.1, -0.05) is 220 Å². The molecular formula is C60H103NO8P+. The number of nitrogens with zero attached hydrogens (tertiary/aromatic N) is 1. The third-order valence-corrected chi connectivity index (χ3v) is 12.3. The van der Waals surface area contributed by atoms with Crippen LogP contribution in [0.5, 0.6) is 0 Å². The molecule has 0 aromatic carbocycles. The van der Waals surface area contributed by atoms with Crippen molar-refractivity contribution in [2.45, 2.75) is 213 Å². The molecule has 0 heterocycles. The molecule has 0 fully saturated rings. The van der Waals surface area contributed by atoms with E-state index in [4.69, 9.17) is 18.5 Å². The van der Waals surface area contributed by atoms with Crippen molar-refractivity contribution in [1.29, 1.82) is 0 Å². The molecule has 0 bridgehead atoms. The Balaban J connectivity index is 4.23. The molecule has 0 aromatic rings. The van der Waals surface area contributed by atoms with Crippen LogP contribution in [-0.2, 0) is 32.7 Å². The smallest absolute Gasteiger partial charge is 0.462 e. The number of carbonyl (C=O) groups is 2. The van der Waals surface area contributed by atoms with Gasteiger partial charge in [0.15, 0.2) is 6.10 Å². The number of unbranched alkanes of at least 4 members (excludes halogenated alkanes) is 17. The van der Waals surface area contributed by atoms with Crippen molar-refractivity contribution in [2.75, 3.05) is 47.5 Å². The molecule has 0 spiro atoms. The van der Waals surface area contributed by atoms with E-state index in [2.05, 4.69) is 123 Å². The van der Waals surface area contributed by atoms with Crippen LogP contribution in [0.2, 0.25) is 0 Å². The quantitative estimate of drug-likeness (QED) is 0.0211. The zero-order valence-corrected chi connectivity index (χ0v) is 46.1. The number of likely N-dealkylation sites (N-methyl/N-ethyl adjacent to an activating group) is 1. The van der Waals surface area contributed by atoms with Crippen LogP contribution in [-0.4, -0.2) is 74.9 Å². The van der Waals surface area contributed by atoms with Gasteiger partial charge >= 0.3 is 19.8 Å². The fraction of sp³-hybridized carbons (Fsp3) is 0.667. The third-order valence-electron chi connectivity index (χ3n) is 11.3. The number of esters is 2. The van der Waals surface area contributed by atoms with Crippen LogP contribution in [0.4, 0.5) is 0 Å². The van der Waals surface area contributed by atoms with Gasteiger partial charge in [-0.15, -0.1) is 0 Å². The number of allylic oxidation sites excluding steroid dienone is 18. The fourth-order valence-corrected chi connectivity index (χ4v) is 7.81. The zero-order valence-electron chi connectivity index (χ0n) is 45.2. The molecule has 0 aliphatic carbocycles. The summed E-state index contributed by atoms with van der Waals surface area (Å²) in [6.07, 6.45) is 70.1. The lowest BCUT2D eigenvalue weighted by atomic mass is 10.0. The summed E-state index contributed by atoms with van der Waals surface area (Å²) in [5.41, 5.74) is 0. The Labute approximate surface area is 429 Å². The summed E-state index contributed by atoms with van der Waals surface area (Å²) in [5, 5.41) is 0. The minimum Gasteiger partial charge on any atom is -0.462 e. The molecule has 0 aliphatic heterocycles. The molecule has 2 unspecified atom stereocenters. The summed E-state index contributed by atoms with van der Waals surface area (Å²) in [5.74, 6) is -0.825. The van der Waals surface area contributed by atoms with E-state index in [-0.39, 0.29) is 32.0 Å². The highest BCUT2D eigenvalue weighted by atomic mass is 31.2. The first-order valence-electron chi connectivity index (χ1n) is 27.6. The Hall–Kier alpha value is -3.33. The number of ether oxygens (including phenoxy) is 2. The summed E-state index contributed by atoms with van der Waals surface area (Å²) in [4.78, 5) is 35.5. The van der Waals surface area contributed by atoms with Crippen LogP contribution in [0.3, 0.4) is 0 Å². The average molecular weight is 997 g/mol. The lowest BCUT2D eigenvalue weighted by molar-refractivity contribution is -0.870. The number of phosphoric acid groups is 1. The Morgan fingerprint density at radius 2 is 0.814 bits per heavy atom. The van der Waals surface area contributed by atoms with E-state index in [0.29, 0.717) is 17.4 Å². The van der Waals surface area contributed by atoms with Crippen molar-refractivity contribution < 1.29 is 42.1 Å². The highest BCUT2D eigenvalue weighted by Crippen LogP contribution is 2.43. The van der Waals surface area contributed by atoms with E-state index >= 15 is 0 Å². The maximum Gasteiger partial charge on any atom is 0.472 e. The minimum absolute atomic E-state index is 0.0230. The van der Waals surface area contributed by atoms with E-state index in [9.17, 15) is 19.0 Å². The van der Waals surface area contributed by atoms with Gasteiger partial charge in [-0.2, -0.15) is 0 Å². The lowest BCUT2D eigenvalue weighted by Crippen LogP contribution is -2.37. The first-order valence-corrected chi connectivity index (χ1v) is 29.1. The predicted octanol–water partition coefficient (Wildman–Crippen LogP) is 17.0. The molecule has 0 rings (SSSR count). The van der Waals surface area contributed by atoms with Crippen molar-refractivity contribution in [3.63, 3.8) is 0 Å². The molecular weight excluding hydrogens is 894 g/mol. The SMILES string of the molecule is CC/C=C\C/C=C\C/C=C\C/C=C\C/C=C\C/C=C\C/C=C\C/C=C\C/C=C\CCCCCCCC(=O)OC(COC(=O)CCCCCCCCCCCCCCC)COP(=O)(O)OCC[N+](C)(C)C. The summed E-state index contributed by atoms with van der Waals surface area (Å²) in [7, 11) is 1.45. The molecule has 0 saturated carbocycles. The summed E-state index contributed by atoms with van der Waals surface area (Å²) in [6.45, 7) is 4.28. The molecule has 2 atom stereocenters. The highest BCUT2D eigenvalue weighted by Gasteiger charge is 2.27. The molecule has 400 valence electrons. The molecule has 70 heavy (non-hydrogen) atoms. The van der Waals surface area contributed by atoms with Gasteiger partial charge in [-0.3, -0.25) is 18.6 Å². The summed E-state index contributed by atoms with van der Waals surface area (Å²) >= 11 is 0. The van der Waals surface area contributed by atoms with Gasteiger partial charge in [0.25, 0.3) is 0 Å². The standard InChI is InChI=1S/C60H102NO8P/c1-6-8-10-12-14-16-18-20-21-22-23-24-25-26-27-28-29-30-31-32-33-34-35-36-37-38-39-41-43-45-47-49-51-53-60(63)69-58(57-68-70(64,65)67-55-54-61(3,4)5)56-66-59(62)52-50-48-46-44-42-40-19-17-15-13-11-9-7-2/h8,10,14,16,20-21,23-24,26-27,29-30,32-33,35-36,38-39,58H,6-7,9,11-13,15,17-19,22,25,28,31,34,37,40-57H2,1-5H3/p+1/b10-8-,16-14-,21-20-,24-23-,27-26-,30-29-,33-32-,36-35-,39-38-. The zero-order chi connectivity index (χ0) is 51.3. The van der Waals surface area contributed by atoms with Gasteiger partial charge in [0, 0.05) is 12.8 Å². The first kappa shape index (κ1) is 66.7. The molecule has 1 N–H and O–H groups in total. The monoisotopic (exact) mass is 997 g/mol. The molecule has 0 saturated heterocycles. The van der Waals surface area contributed by atoms with E-state index in [1.165, 1.54) is 64.2 Å². The number of phosphoric ester groups is 1. The number of rotatable bonds is 49. The maximum absolute atomic E-state index is 12.8. The fourth-order valence-electron chi connectivity index (χ4n) is 7.07. The van der Waals surface area contributed by atoms with Crippen LogP contribution >= 0.6 is 7.82 Å². The van der Waals surface area contributed by atoms with E-state index in [0.717, 1.165) is 109 Å². The first-order chi connectivity index (χ1) is 34.0. The minimum atomic E-state index is -4.39. The number of hydrogen-bond acceptors (Lipinski definition) is 7. The van der Waals surface area contributed by atoms with Crippen LogP contribution in [0.25, 0.3) is 0 Å². The van der Waals surface area contributed by atoms with Crippen molar-refractivity contribution in [3.05, 3.63) is 109 Å². The topological polar surface area (TPSA) is 108 Å². The molecule has 10 heteroatoms. The largest absolute Gasteiger partial charge is 0.472 e. The molecule has 0 radical (unpaired) electrons. The van der Waals surface area contributed by atoms with Gasteiger partial charge in [0.2, 0.25) is 0 Å². The Kier molecular flexibility index (Phi) is 48.2. The number of quaternary nitrogens is 1. The Bertz CT molecular complexity index is 1550. The summed E-state index contributed by atoms with van der Waals surface area (Å²) < 4.78 is 34.4.